The molecule has 0 radical (unpaired) electrons. The molecule has 1 nitrogen and oxygen atoms in total. The predicted molar refractivity (Wildman–Crippen MR) is 75.8 cm³/mol. The number of halogens is 4. The zero-order chi connectivity index (χ0) is 14.9. The van der Waals surface area contributed by atoms with Gasteiger partial charge in [-0.25, -0.2) is 13.2 Å². The molecular formula is C15H13BrF3N. The second-order valence-electron chi connectivity index (χ2n) is 4.63. The molecule has 0 aromatic heterocycles. The monoisotopic (exact) mass is 343 g/mol. The van der Waals surface area contributed by atoms with Crippen molar-refractivity contribution in [3.63, 3.8) is 0 Å². The van der Waals surface area contributed by atoms with Gasteiger partial charge in [-0.15, -0.1) is 0 Å². The van der Waals surface area contributed by atoms with Crippen molar-refractivity contribution in [1.82, 2.24) is 0 Å². The maximum absolute atomic E-state index is 13.9. The maximum Gasteiger partial charge on any atom is 0.143 e. The zero-order valence-electron chi connectivity index (χ0n) is 10.8. The molecule has 2 aromatic rings. The fourth-order valence-electron chi connectivity index (χ4n) is 2.14. The standard InChI is InChI=1S/C15H13BrF3N/c1-8-6-9(17)2-3-10(8)14(20)7-11-13(18)5-4-12(16)15(11)19/h2-6,14H,7,20H2,1H3. The number of hydrogen-bond acceptors (Lipinski definition) is 1. The first-order valence-corrected chi connectivity index (χ1v) is 6.83. The summed E-state index contributed by atoms with van der Waals surface area (Å²) >= 11 is 3.02. The van der Waals surface area contributed by atoms with Gasteiger partial charge in [0, 0.05) is 11.6 Å². The molecule has 1 unspecified atom stereocenters. The van der Waals surface area contributed by atoms with Gasteiger partial charge >= 0.3 is 0 Å². The Labute approximate surface area is 123 Å². The van der Waals surface area contributed by atoms with Crippen LogP contribution < -0.4 is 5.73 Å². The van der Waals surface area contributed by atoms with Crippen LogP contribution in [0, 0.1) is 24.4 Å². The highest BCUT2D eigenvalue weighted by atomic mass is 79.9. The van der Waals surface area contributed by atoms with Crippen molar-refractivity contribution in [2.45, 2.75) is 19.4 Å². The van der Waals surface area contributed by atoms with Crippen LogP contribution >= 0.6 is 15.9 Å². The minimum absolute atomic E-state index is 0.00355. The van der Waals surface area contributed by atoms with Gasteiger partial charge in [-0.2, -0.15) is 0 Å². The zero-order valence-corrected chi connectivity index (χ0v) is 12.3. The minimum Gasteiger partial charge on any atom is -0.324 e. The molecule has 0 fully saturated rings. The van der Waals surface area contributed by atoms with E-state index in [1.807, 2.05) is 0 Å². The highest BCUT2D eigenvalue weighted by Crippen LogP contribution is 2.27. The predicted octanol–water partition coefficient (Wildman–Crippen LogP) is 4.42. The van der Waals surface area contributed by atoms with Gasteiger partial charge in [0.2, 0.25) is 0 Å². The van der Waals surface area contributed by atoms with E-state index in [0.29, 0.717) is 11.1 Å². The van der Waals surface area contributed by atoms with Crippen LogP contribution in [-0.4, -0.2) is 0 Å². The van der Waals surface area contributed by atoms with Gasteiger partial charge < -0.3 is 5.73 Å². The van der Waals surface area contributed by atoms with E-state index in [2.05, 4.69) is 15.9 Å². The maximum atomic E-state index is 13.9. The quantitative estimate of drug-likeness (QED) is 0.820. The smallest absolute Gasteiger partial charge is 0.143 e. The van der Waals surface area contributed by atoms with Crippen molar-refractivity contribution in [3.05, 3.63) is 68.9 Å². The SMILES string of the molecule is Cc1cc(F)ccc1C(N)Cc1c(F)ccc(Br)c1F. The summed E-state index contributed by atoms with van der Waals surface area (Å²) in [4.78, 5) is 0. The molecule has 0 heterocycles. The second-order valence-corrected chi connectivity index (χ2v) is 5.49. The number of nitrogens with two attached hydrogens (primary N) is 1. The van der Waals surface area contributed by atoms with Crippen LogP contribution in [-0.2, 0) is 6.42 Å². The topological polar surface area (TPSA) is 26.0 Å². The van der Waals surface area contributed by atoms with Gasteiger partial charge in [0.25, 0.3) is 0 Å². The highest BCUT2D eigenvalue weighted by Gasteiger charge is 2.18. The van der Waals surface area contributed by atoms with E-state index in [4.69, 9.17) is 5.73 Å². The van der Waals surface area contributed by atoms with Gasteiger partial charge in [-0.3, -0.25) is 0 Å². The Morgan fingerprint density at radius 3 is 2.50 bits per heavy atom. The summed E-state index contributed by atoms with van der Waals surface area (Å²) < 4.78 is 40.8. The molecular weight excluding hydrogens is 331 g/mol. The van der Waals surface area contributed by atoms with Crippen molar-refractivity contribution >= 4 is 15.9 Å². The van der Waals surface area contributed by atoms with Crippen molar-refractivity contribution in [3.8, 4) is 0 Å². The van der Waals surface area contributed by atoms with Crippen LogP contribution in [0.4, 0.5) is 13.2 Å². The van der Waals surface area contributed by atoms with Gasteiger partial charge in [-0.1, -0.05) is 6.07 Å². The van der Waals surface area contributed by atoms with E-state index in [1.54, 1.807) is 13.0 Å². The largest absolute Gasteiger partial charge is 0.324 e. The summed E-state index contributed by atoms with van der Waals surface area (Å²) in [5.74, 6) is -1.65. The van der Waals surface area contributed by atoms with Gasteiger partial charge in [0.05, 0.1) is 4.47 Å². The average Bonchev–Trinajstić information content (AvgIpc) is 2.39. The first-order chi connectivity index (χ1) is 9.40. The minimum atomic E-state index is -0.653. The molecule has 0 bridgehead atoms. The summed E-state index contributed by atoms with van der Waals surface area (Å²) in [6.45, 7) is 1.71. The molecule has 0 aliphatic rings. The fourth-order valence-corrected chi connectivity index (χ4v) is 2.51. The number of hydrogen-bond donors (Lipinski definition) is 1. The normalized spacial score (nSPS) is 12.5. The second kappa shape index (κ2) is 5.97. The fraction of sp³-hybridized carbons (Fsp3) is 0.200. The summed E-state index contributed by atoms with van der Waals surface area (Å²) in [6, 6.07) is 6.08. The highest BCUT2D eigenvalue weighted by molar-refractivity contribution is 9.10. The van der Waals surface area contributed by atoms with Crippen molar-refractivity contribution in [2.75, 3.05) is 0 Å². The van der Waals surface area contributed by atoms with E-state index in [9.17, 15) is 13.2 Å². The van der Waals surface area contributed by atoms with Crippen LogP contribution in [0.15, 0.2) is 34.8 Å². The Bertz CT molecular complexity index is 643. The number of benzene rings is 2. The molecule has 0 spiro atoms. The van der Waals surface area contributed by atoms with Crippen LogP contribution in [0.1, 0.15) is 22.7 Å². The van der Waals surface area contributed by atoms with E-state index in [-0.39, 0.29) is 22.3 Å². The molecule has 1 atom stereocenters. The molecule has 20 heavy (non-hydrogen) atoms. The van der Waals surface area contributed by atoms with E-state index >= 15 is 0 Å². The molecule has 2 aromatic carbocycles. The lowest BCUT2D eigenvalue weighted by Crippen LogP contribution is -2.16. The Hall–Kier alpha value is -1.33. The molecule has 2 N–H and O–H groups in total. The lowest BCUT2D eigenvalue weighted by Gasteiger charge is -2.16. The molecule has 2 rings (SSSR count). The third kappa shape index (κ3) is 3.04. The van der Waals surface area contributed by atoms with Crippen LogP contribution in [0.25, 0.3) is 0 Å². The Balaban J connectivity index is 2.32. The lowest BCUT2D eigenvalue weighted by atomic mass is 9.95. The Morgan fingerprint density at radius 2 is 1.85 bits per heavy atom. The molecule has 0 saturated carbocycles. The van der Waals surface area contributed by atoms with Crippen molar-refractivity contribution in [2.24, 2.45) is 5.73 Å². The molecule has 106 valence electrons. The first kappa shape index (κ1) is 15.1. The number of rotatable bonds is 3. The van der Waals surface area contributed by atoms with E-state index in [1.165, 1.54) is 24.3 Å². The lowest BCUT2D eigenvalue weighted by molar-refractivity contribution is 0.535. The van der Waals surface area contributed by atoms with E-state index < -0.39 is 17.7 Å². The van der Waals surface area contributed by atoms with Gasteiger partial charge in [-0.05, 0) is 64.7 Å². The summed E-state index contributed by atoms with van der Waals surface area (Å²) in [5, 5.41) is 0. The third-order valence-electron chi connectivity index (χ3n) is 3.19. The first-order valence-electron chi connectivity index (χ1n) is 6.04. The summed E-state index contributed by atoms with van der Waals surface area (Å²) in [6.07, 6.45) is 0.00355. The van der Waals surface area contributed by atoms with Gasteiger partial charge in [0.1, 0.15) is 17.5 Å². The van der Waals surface area contributed by atoms with Crippen molar-refractivity contribution in [1.29, 1.82) is 0 Å². The third-order valence-corrected chi connectivity index (χ3v) is 3.81. The molecule has 0 saturated heterocycles. The molecule has 0 aliphatic carbocycles. The molecule has 5 heteroatoms. The van der Waals surface area contributed by atoms with Crippen LogP contribution in [0.5, 0.6) is 0 Å². The number of aryl methyl sites for hydroxylation is 1. The Morgan fingerprint density at radius 1 is 1.15 bits per heavy atom. The molecule has 0 amide bonds. The Kier molecular flexibility index (Phi) is 4.50. The average molecular weight is 344 g/mol. The van der Waals surface area contributed by atoms with Gasteiger partial charge in [0.15, 0.2) is 0 Å². The van der Waals surface area contributed by atoms with Crippen molar-refractivity contribution < 1.29 is 13.2 Å². The van der Waals surface area contributed by atoms with Crippen LogP contribution in [0.3, 0.4) is 0 Å². The summed E-state index contributed by atoms with van der Waals surface area (Å²) in [5.41, 5.74) is 7.25. The van der Waals surface area contributed by atoms with Crippen LogP contribution in [0.2, 0.25) is 0 Å². The van der Waals surface area contributed by atoms with E-state index in [0.717, 1.165) is 0 Å². The molecule has 0 aliphatic heterocycles. The summed E-state index contributed by atoms with van der Waals surface area (Å²) in [7, 11) is 0.